The van der Waals surface area contributed by atoms with Crippen LogP contribution in [0.3, 0.4) is 0 Å². The van der Waals surface area contributed by atoms with Gasteiger partial charge in [-0.15, -0.1) is 0 Å². The van der Waals surface area contributed by atoms with Gasteiger partial charge in [-0.05, 0) is 17.7 Å². The smallest absolute Gasteiger partial charge is 0.410 e. The van der Waals surface area contributed by atoms with E-state index in [9.17, 15) is 14.0 Å². The fourth-order valence-electron chi connectivity index (χ4n) is 2.74. The van der Waals surface area contributed by atoms with Crippen LogP contribution in [0.15, 0.2) is 54.6 Å². The van der Waals surface area contributed by atoms with Crippen LogP contribution in [-0.2, 0) is 16.1 Å². The molecule has 2 aromatic rings. The summed E-state index contributed by atoms with van der Waals surface area (Å²) >= 11 is 0. The topological polar surface area (TPSA) is 59.1 Å². The Morgan fingerprint density at radius 1 is 0.889 bits per heavy atom. The predicted molar refractivity (Wildman–Crippen MR) is 96.7 cm³/mol. The lowest BCUT2D eigenvalue weighted by atomic mass is 10.2. The molecule has 0 atom stereocenters. The highest BCUT2D eigenvalue weighted by atomic mass is 19.1. The Labute approximate surface area is 157 Å². The summed E-state index contributed by atoms with van der Waals surface area (Å²) in [6.07, 6.45) is -0.395. The molecule has 6 nitrogen and oxygen atoms in total. The molecule has 1 heterocycles. The van der Waals surface area contributed by atoms with Crippen LogP contribution in [0.5, 0.6) is 5.75 Å². The maximum atomic E-state index is 13.5. The van der Waals surface area contributed by atoms with E-state index in [1.807, 2.05) is 30.3 Å². The van der Waals surface area contributed by atoms with E-state index in [1.165, 1.54) is 12.1 Å². The van der Waals surface area contributed by atoms with Crippen LogP contribution in [-0.4, -0.2) is 54.6 Å². The van der Waals surface area contributed by atoms with Gasteiger partial charge in [-0.1, -0.05) is 42.5 Å². The first kappa shape index (κ1) is 18.7. The fourth-order valence-corrected chi connectivity index (χ4v) is 2.74. The number of ether oxygens (including phenoxy) is 2. The highest BCUT2D eigenvalue weighted by Crippen LogP contribution is 2.15. The van der Waals surface area contributed by atoms with E-state index in [0.717, 1.165) is 5.56 Å². The second-order valence-electron chi connectivity index (χ2n) is 6.13. The Morgan fingerprint density at radius 2 is 1.52 bits per heavy atom. The molecule has 0 N–H and O–H groups in total. The lowest BCUT2D eigenvalue weighted by molar-refractivity contribution is -0.135. The molecule has 7 heteroatoms. The van der Waals surface area contributed by atoms with E-state index in [1.54, 1.807) is 21.9 Å². The maximum absolute atomic E-state index is 13.5. The van der Waals surface area contributed by atoms with Crippen LogP contribution in [0.4, 0.5) is 9.18 Å². The Balaban J connectivity index is 1.40. The third-order valence-electron chi connectivity index (χ3n) is 4.28. The number of amides is 2. The van der Waals surface area contributed by atoms with Gasteiger partial charge in [-0.3, -0.25) is 4.79 Å². The summed E-state index contributed by atoms with van der Waals surface area (Å²) in [5, 5.41) is 0. The van der Waals surface area contributed by atoms with E-state index >= 15 is 0 Å². The van der Waals surface area contributed by atoms with E-state index < -0.39 is 11.9 Å². The third kappa shape index (κ3) is 5.20. The van der Waals surface area contributed by atoms with Crippen molar-refractivity contribution in [1.82, 2.24) is 9.80 Å². The molecular formula is C20H21FN2O4. The van der Waals surface area contributed by atoms with Gasteiger partial charge in [0, 0.05) is 26.2 Å². The highest BCUT2D eigenvalue weighted by molar-refractivity contribution is 5.78. The molecule has 3 rings (SSSR count). The van der Waals surface area contributed by atoms with Gasteiger partial charge in [0.25, 0.3) is 5.91 Å². The largest absolute Gasteiger partial charge is 0.481 e. The average molecular weight is 372 g/mol. The van der Waals surface area contributed by atoms with Crippen LogP contribution in [0, 0.1) is 5.82 Å². The number of carbonyl (C=O) groups is 2. The second-order valence-corrected chi connectivity index (χ2v) is 6.13. The molecule has 0 bridgehead atoms. The third-order valence-corrected chi connectivity index (χ3v) is 4.28. The van der Waals surface area contributed by atoms with E-state index in [-0.39, 0.29) is 24.9 Å². The monoisotopic (exact) mass is 372 g/mol. The minimum atomic E-state index is -0.503. The summed E-state index contributed by atoms with van der Waals surface area (Å²) in [4.78, 5) is 27.5. The number of piperazine rings is 1. The number of hydrogen-bond donors (Lipinski definition) is 0. The number of halogens is 1. The number of rotatable bonds is 5. The van der Waals surface area contributed by atoms with Crippen molar-refractivity contribution in [3.05, 3.63) is 66.0 Å². The molecule has 0 saturated carbocycles. The van der Waals surface area contributed by atoms with Crippen molar-refractivity contribution in [2.75, 3.05) is 32.8 Å². The lowest BCUT2D eigenvalue weighted by Crippen LogP contribution is -2.51. The zero-order chi connectivity index (χ0) is 19.1. The minimum absolute atomic E-state index is 0.0500. The standard InChI is InChI=1S/C20H21FN2O4/c21-17-8-4-5-9-18(17)26-15-19(24)22-10-12-23(13-11-22)20(25)27-14-16-6-2-1-3-7-16/h1-9H,10-15H2. The Bertz CT molecular complexity index is 777. The van der Waals surface area contributed by atoms with Crippen LogP contribution < -0.4 is 4.74 Å². The number of benzene rings is 2. The van der Waals surface area contributed by atoms with Crippen molar-refractivity contribution >= 4 is 12.0 Å². The van der Waals surface area contributed by atoms with Gasteiger partial charge in [0.2, 0.25) is 0 Å². The molecule has 142 valence electrons. The molecule has 0 unspecified atom stereocenters. The second kappa shape index (κ2) is 9.02. The van der Waals surface area contributed by atoms with Gasteiger partial charge in [0.1, 0.15) is 6.61 Å². The molecule has 27 heavy (non-hydrogen) atoms. The molecule has 0 spiro atoms. The molecule has 0 radical (unpaired) electrons. The number of carbonyl (C=O) groups excluding carboxylic acids is 2. The zero-order valence-electron chi connectivity index (χ0n) is 14.8. The Hall–Kier alpha value is -3.09. The first-order valence-electron chi connectivity index (χ1n) is 8.74. The van der Waals surface area contributed by atoms with Crippen LogP contribution in [0.25, 0.3) is 0 Å². The number of para-hydroxylation sites is 1. The molecule has 1 saturated heterocycles. The normalized spacial score (nSPS) is 14.0. The summed E-state index contributed by atoms with van der Waals surface area (Å²) in [5.74, 6) is -0.694. The first-order valence-corrected chi connectivity index (χ1v) is 8.74. The van der Waals surface area contributed by atoms with E-state index in [4.69, 9.17) is 9.47 Å². The molecule has 1 fully saturated rings. The van der Waals surface area contributed by atoms with Gasteiger partial charge < -0.3 is 19.3 Å². The van der Waals surface area contributed by atoms with E-state index in [2.05, 4.69) is 0 Å². The average Bonchev–Trinajstić information content (AvgIpc) is 2.72. The van der Waals surface area contributed by atoms with Gasteiger partial charge >= 0.3 is 6.09 Å². The van der Waals surface area contributed by atoms with E-state index in [0.29, 0.717) is 26.2 Å². The summed E-state index contributed by atoms with van der Waals surface area (Å²) < 4.78 is 24.1. The van der Waals surface area contributed by atoms with Gasteiger partial charge in [0.05, 0.1) is 0 Å². The van der Waals surface area contributed by atoms with Gasteiger partial charge in [-0.2, -0.15) is 0 Å². The van der Waals surface area contributed by atoms with Crippen LogP contribution >= 0.6 is 0 Å². The van der Waals surface area contributed by atoms with Crippen LogP contribution in [0.1, 0.15) is 5.56 Å². The molecular weight excluding hydrogens is 351 g/mol. The maximum Gasteiger partial charge on any atom is 0.410 e. The van der Waals surface area contributed by atoms with Gasteiger partial charge in [0.15, 0.2) is 18.2 Å². The Morgan fingerprint density at radius 3 is 2.22 bits per heavy atom. The van der Waals surface area contributed by atoms with Crippen molar-refractivity contribution in [1.29, 1.82) is 0 Å². The van der Waals surface area contributed by atoms with Gasteiger partial charge in [-0.25, -0.2) is 9.18 Å². The number of hydrogen-bond acceptors (Lipinski definition) is 4. The SMILES string of the molecule is O=C(COc1ccccc1F)N1CCN(C(=O)OCc2ccccc2)CC1. The molecule has 0 aromatic heterocycles. The summed E-state index contributed by atoms with van der Waals surface area (Å²) in [6.45, 7) is 1.53. The summed E-state index contributed by atoms with van der Waals surface area (Å²) in [7, 11) is 0. The van der Waals surface area contributed by atoms with Crippen molar-refractivity contribution in [3.63, 3.8) is 0 Å². The minimum Gasteiger partial charge on any atom is -0.481 e. The Kier molecular flexibility index (Phi) is 6.25. The first-order chi connectivity index (χ1) is 13.1. The summed E-state index contributed by atoms with van der Waals surface area (Å²) in [6, 6.07) is 15.4. The highest BCUT2D eigenvalue weighted by Gasteiger charge is 2.25. The van der Waals surface area contributed by atoms with Crippen LogP contribution in [0.2, 0.25) is 0 Å². The zero-order valence-corrected chi connectivity index (χ0v) is 14.8. The number of nitrogens with zero attached hydrogens (tertiary/aromatic N) is 2. The van der Waals surface area contributed by atoms with Crippen molar-refractivity contribution < 1.29 is 23.5 Å². The quantitative estimate of drug-likeness (QED) is 0.810. The molecule has 1 aliphatic heterocycles. The summed E-state index contributed by atoms with van der Waals surface area (Å²) in [5.41, 5.74) is 0.921. The molecule has 1 aliphatic rings. The van der Waals surface area contributed by atoms with Crippen molar-refractivity contribution in [2.45, 2.75) is 6.61 Å². The predicted octanol–water partition coefficient (Wildman–Crippen LogP) is 2.69. The van der Waals surface area contributed by atoms with Crippen molar-refractivity contribution in [3.8, 4) is 5.75 Å². The fraction of sp³-hybridized carbons (Fsp3) is 0.300. The molecule has 2 amide bonds. The van der Waals surface area contributed by atoms with Crippen molar-refractivity contribution in [2.24, 2.45) is 0 Å². The molecule has 2 aromatic carbocycles. The molecule has 0 aliphatic carbocycles. The lowest BCUT2D eigenvalue weighted by Gasteiger charge is -2.34.